The van der Waals surface area contributed by atoms with E-state index < -0.39 is 25.4 Å². The molecule has 7 nitrogen and oxygen atoms in total. The average Bonchev–Trinajstić information content (AvgIpc) is 3.37. The fourth-order valence-corrected chi connectivity index (χ4v) is 4.86. The van der Waals surface area contributed by atoms with E-state index in [-0.39, 0.29) is 30.7 Å². The summed E-state index contributed by atoms with van der Waals surface area (Å²) in [5.41, 5.74) is 0.0936. The topological polar surface area (TPSA) is 86.3 Å². The number of alkyl halides is 3. The Morgan fingerprint density at radius 2 is 1.65 bits per heavy atom. The van der Waals surface area contributed by atoms with Crippen LogP contribution in [0.2, 0.25) is 25.7 Å². The molecule has 1 N–H and O–H groups in total. The summed E-state index contributed by atoms with van der Waals surface area (Å²) in [6, 6.07) is 11.5. The van der Waals surface area contributed by atoms with Gasteiger partial charge in [-0.3, -0.25) is 9.78 Å². The smallest absolute Gasteiger partial charge is 0.435 e. The van der Waals surface area contributed by atoms with Gasteiger partial charge >= 0.3 is 12.1 Å². The highest BCUT2D eigenvalue weighted by atomic mass is 28.3. The maximum atomic E-state index is 13.6. The van der Waals surface area contributed by atoms with Gasteiger partial charge in [-0.1, -0.05) is 33.5 Å². The van der Waals surface area contributed by atoms with Crippen LogP contribution in [0.3, 0.4) is 0 Å². The van der Waals surface area contributed by atoms with Gasteiger partial charge in [-0.25, -0.2) is 4.98 Å². The molecule has 0 aliphatic heterocycles. The zero-order valence-electron chi connectivity index (χ0n) is 23.9. The summed E-state index contributed by atoms with van der Waals surface area (Å²) in [6.45, 7) is 10.8. The third-order valence-corrected chi connectivity index (χ3v) is 8.67. The molecule has 0 atom stereocenters. The number of carbonyl (C=O) groups excluding carboxylic acids is 1. The highest BCUT2D eigenvalue weighted by molar-refractivity contribution is 6.76. The van der Waals surface area contributed by atoms with Crippen LogP contribution in [-0.2, 0) is 27.1 Å². The van der Waals surface area contributed by atoms with Gasteiger partial charge in [0, 0.05) is 32.0 Å². The van der Waals surface area contributed by atoms with Crippen molar-refractivity contribution < 1.29 is 32.2 Å². The maximum absolute atomic E-state index is 13.6. The van der Waals surface area contributed by atoms with Gasteiger partial charge in [0.05, 0.1) is 25.1 Å². The van der Waals surface area contributed by atoms with E-state index >= 15 is 0 Å². The van der Waals surface area contributed by atoms with E-state index in [1.54, 1.807) is 24.3 Å². The maximum Gasteiger partial charge on any atom is 0.435 e. The molecule has 0 radical (unpaired) electrons. The first-order chi connectivity index (χ1) is 18.8. The number of rotatable bonds is 13. The van der Waals surface area contributed by atoms with E-state index in [4.69, 9.17) is 14.2 Å². The van der Waals surface area contributed by atoms with E-state index in [0.717, 1.165) is 11.6 Å². The third-order valence-electron chi connectivity index (χ3n) is 6.96. The SMILES string of the molecule is CCC(CC)(COc1ccc(-c2ccc(-c3nc(C(F)(F)F)c(COCC[Si](C)(C)C)[nH]3)cn2)cc1)C(=O)OC. The average molecular weight is 578 g/mol. The predicted molar refractivity (Wildman–Crippen MR) is 151 cm³/mol. The Hall–Kier alpha value is -3.18. The van der Waals surface area contributed by atoms with Gasteiger partial charge in [0.2, 0.25) is 0 Å². The molecule has 0 fully saturated rings. The van der Waals surface area contributed by atoms with Gasteiger partial charge in [0.15, 0.2) is 5.69 Å². The summed E-state index contributed by atoms with van der Waals surface area (Å²) in [6.07, 6.45) is -1.93. The number of ether oxygens (including phenoxy) is 3. The van der Waals surface area contributed by atoms with Gasteiger partial charge in [-0.15, -0.1) is 0 Å². The van der Waals surface area contributed by atoms with Crippen LogP contribution < -0.4 is 4.74 Å². The van der Waals surface area contributed by atoms with E-state index in [2.05, 4.69) is 34.6 Å². The van der Waals surface area contributed by atoms with Crippen LogP contribution in [0.1, 0.15) is 38.1 Å². The Bertz CT molecular complexity index is 1250. The van der Waals surface area contributed by atoms with Crippen molar-refractivity contribution in [2.24, 2.45) is 5.41 Å². The number of benzene rings is 1. The van der Waals surface area contributed by atoms with Crippen LogP contribution in [0.4, 0.5) is 13.2 Å². The lowest BCUT2D eigenvalue weighted by Crippen LogP contribution is -2.37. The van der Waals surface area contributed by atoms with Crippen LogP contribution in [0, 0.1) is 5.41 Å². The van der Waals surface area contributed by atoms with E-state index in [1.807, 2.05) is 26.0 Å². The number of nitrogens with one attached hydrogen (secondary N) is 1. The van der Waals surface area contributed by atoms with Crippen LogP contribution in [0.5, 0.6) is 5.75 Å². The Kier molecular flexibility index (Phi) is 10.2. The molecular formula is C29H38F3N3O4Si. The molecule has 1 aromatic carbocycles. The molecule has 218 valence electrons. The van der Waals surface area contributed by atoms with Gasteiger partial charge in [0.25, 0.3) is 0 Å². The van der Waals surface area contributed by atoms with Crippen molar-refractivity contribution in [3.8, 4) is 28.4 Å². The minimum Gasteiger partial charge on any atom is -0.492 e. The second kappa shape index (κ2) is 13.0. The molecule has 2 heterocycles. The van der Waals surface area contributed by atoms with E-state index in [0.29, 0.717) is 36.5 Å². The largest absolute Gasteiger partial charge is 0.492 e. The molecule has 3 aromatic rings. The Morgan fingerprint density at radius 1 is 1.00 bits per heavy atom. The van der Waals surface area contributed by atoms with Crippen molar-refractivity contribution in [1.82, 2.24) is 15.0 Å². The number of hydrogen-bond acceptors (Lipinski definition) is 6. The minimum absolute atomic E-state index is 0.0832. The number of halogens is 3. The summed E-state index contributed by atoms with van der Waals surface area (Å²) in [5.74, 6) is 0.393. The zero-order valence-corrected chi connectivity index (χ0v) is 24.9. The van der Waals surface area contributed by atoms with Gasteiger partial charge < -0.3 is 19.2 Å². The van der Waals surface area contributed by atoms with E-state index in [1.165, 1.54) is 13.3 Å². The molecule has 11 heteroatoms. The number of pyridine rings is 1. The lowest BCUT2D eigenvalue weighted by molar-refractivity contribution is -0.155. The summed E-state index contributed by atoms with van der Waals surface area (Å²) in [4.78, 5) is 23.3. The predicted octanol–water partition coefficient (Wildman–Crippen LogP) is 7.37. The molecule has 3 rings (SSSR count). The first-order valence-corrected chi connectivity index (χ1v) is 17.0. The third kappa shape index (κ3) is 7.94. The molecule has 2 aromatic heterocycles. The Balaban J connectivity index is 1.71. The fourth-order valence-electron chi connectivity index (χ4n) is 4.10. The highest BCUT2D eigenvalue weighted by Gasteiger charge is 2.38. The summed E-state index contributed by atoms with van der Waals surface area (Å²) in [5, 5.41) is 0. The monoisotopic (exact) mass is 577 g/mol. The van der Waals surface area contributed by atoms with Crippen molar-refractivity contribution in [2.45, 2.75) is 65.2 Å². The van der Waals surface area contributed by atoms with Crippen LogP contribution in [-0.4, -0.2) is 49.3 Å². The van der Waals surface area contributed by atoms with Gasteiger partial charge in [-0.2, -0.15) is 13.2 Å². The summed E-state index contributed by atoms with van der Waals surface area (Å²) in [7, 11) is 0.0192. The van der Waals surface area contributed by atoms with Crippen molar-refractivity contribution in [2.75, 3.05) is 20.3 Å². The summed E-state index contributed by atoms with van der Waals surface area (Å²) >= 11 is 0. The standard InChI is InChI=1S/C29H38F3N3O4Si/c1-7-28(8-2,27(36)37-3)19-39-22-12-9-20(10-13-22)23-14-11-21(17-33-23)26-34-24(25(35-26)29(30,31)32)18-38-15-16-40(4,5)6/h9-14,17H,7-8,15-16,18-19H2,1-6H3,(H,34,35). The highest BCUT2D eigenvalue weighted by Crippen LogP contribution is 2.34. The fraction of sp³-hybridized carbons (Fsp3) is 0.483. The van der Waals surface area contributed by atoms with Crippen molar-refractivity contribution in [3.63, 3.8) is 0 Å². The van der Waals surface area contributed by atoms with Crippen LogP contribution in [0.15, 0.2) is 42.6 Å². The summed E-state index contributed by atoms with van der Waals surface area (Å²) < 4.78 is 57.3. The van der Waals surface area contributed by atoms with E-state index in [9.17, 15) is 18.0 Å². The number of nitrogens with zero attached hydrogens (tertiary/aromatic N) is 2. The number of methoxy groups -OCH3 is 1. The second-order valence-corrected chi connectivity index (χ2v) is 16.6. The first-order valence-electron chi connectivity index (χ1n) is 13.3. The molecule has 0 saturated carbocycles. The lowest BCUT2D eigenvalue weighted by atomic mass is 9.83. The minimum atomic E-state index is -4.60. The molecular weight excluding hydrogens is 539 g/mol. The zero-order chi connectivity index (χ0) is 29.6. The molecule has 0 aliphatic carbocycles. The number of aromatic nitrogens is 3. The molecule has 0 amide bonds. The quantitative estimate of drug-likeness (QED) is 0.130. The van der Waals surface area contributed by atoms with Crippen molar-refractivity contribution in [1.29, 1.82) is 0 Å². The molecule has 0 aliphatic rings. The number of hydrogen-bond donors (Lipinski definition) is 1. The van der Waals surface area contributed by atoms with Crippen LogP contribution in [0.25, 0.3) is 22.6 Å². The molecule has 0 unspecified atom stereocenters. The van der Waals surface area contributed by atoms with Gasteiger partial charge in [0.1, 0.15) is 23.6 Å². The lowest BCUT2D eigenvalue weighted by Gasteiger charge is -2.28. The number of esters is 1. The normalized spacial score (nSPS) is 12.4. The molecule has 0 spiro atoms. The Labute approximate surface area is 234 Å². The van der Waals surface area contributed by atoms with Crippen molar-refractivity contribution >= 4 is 14.0 Å². The first kappa shape index (κ1) is 31.3. The number of H-pyrrole nitrogens is 1. The number of carbonyl (C=O) groups is 1. The second-order valence-electron chi connectivity index (χ2n) is 11.0. The van der Waals surface area contributed by atoms with Crippen LogP contribution >= 0.6 is 0 Å². The Morgan fingerprint density at radius 3 is 2.17 bits per heavy atom. The number of imidazole rings is 1. The number of aromatic amines is 1. The molecule has 0 bridgehead atoms. The van der Waals surface area contributed by atoms with Gasteiger partial charge in [-0.05, 0) is 55.3 Å². The van der Waals surface area contributed by atoms with Crippen molar-refractivity contribution in [3.05, 3.63) is 54.0 Å². The molecule has 0 saturated heterocycles. The molecule has 40 heavy (non-hydrogen) atoms.